The van der Waals surface area contributed by atoms with Crippen molar-refractivity contribution in [3.63, 3.8) is 0 Å². The quantitative estimate of drug-likeness (QED) is 0.569. The fourth-order valence-corrected chi connectivity index (χ4v) is 4.33. The topological polar surface area (TPSA) is 67.5 Å². The van der Waals surface area contributed by atoms with E-state index in [9.17, 15) is 9.59 Å². The average Bonchev–Trinajstić information content (AvgIpc) is 2.66. The molecular formula is C22H36N4O3+2. The van der Waals surface area contributed by atoms with Crippen LogP contribution in [0.1, 0.15) is 25.0 Å². The first-order valence-corrected chi connectivity index (χ1v) is 10.8. The van der Waals surface area contributed by atoms with Crippen molar-refractivity contribution >= 4 is 17.5 Å². The molecule has 7 nitrogen and oxygen atoms in total. The van der Waals surface area contributed by atoms with Gasteiger partial charge in [-0.05, 0) is 44.9 Å². The van der Waals surface area contributed by atoms with Gasteiger partial charge in [-0.2, -0.15) is 0 Å². The number of rotatable bonds is 5. The summed E-state index contributed by atoms with van der Waals surface area (Å²) in [6, 6.07) is 5.98. The number of quaternary nitrogens is 2. The maximum atomic E-state index is 12.7. The van der Waals surface area contributed by atoms with Crippen LogP contribution in [0.2, 0.25) is 0 Å². The molecule has 2 atom stereocenters. The van der Waals surface area contributed by atoms with Gasteiger partial charge in [0.15, 0.2) is 13.1 Å². The van der Waals surface area contributed by atoms with Crippen LogP contribution in [0.15, 0.2) is 18.2 Å². The molecule has 2 heterocycles. The van der Waals surface area contributed by atoms with Gasteiger partial charge < -0.3 is 24.8 Å². The fraction of sp³-hybridized carbons (Fsp3) is 0.636. The number of hydrogen-bond acceptors (Lipinski definition) is 3. The van der Waals surface area contributed by atoms with E-state index in [2.05, 4.69) is 18.3 Å². The lowest BCUT2D eigenvalue weighted by atomic mass is 10.1. The zero-order valence-corrected chi connectivity index (χ0v) is 18.2. The van der Waals surface area contributed by atoms with Crippen molar-refractivity contribution in [1.29, 1.82) is 0 Å². The smallest absolute Gasteiger partial charge is 0.279 e. The van der Waals surface area contributed by atoms with Crippen LogP contribution < -0.4 is 15.1 Å². The van der Waals surface area contributed by atoms with E-state index in [1.165, 1.54) is 15.4 Å². The van der Waals surface area contributed by atoms with Gasteiger partial charge in [-0.1, -0.05) is 12.1 Å². The molecule has 3 N–H and O–H groups in total. The van der Waals surface area contributed by atoms with Crippen molar-refractivity contribution in [2.24, 2.45) is 0 Å². The van der Waals surface area contributed by atoms with E-state index < -0.39 is 0 Å². The maximum absolute atomic E-state index is 12.7. The van der Waals surface area contributed by atoms with E-state index >= 15 is 0 Å². The highest BCUT2D eigenvalue weighted by atomic mass is 16.5. The molecule has 2 fully saturated rings. The summed E-state index contributed by atoms with van der Waals surface area (Å²) in [5, 5.41) is 3.05. The van der Waals surface area contributed by atoms with E-state index in [1.54, 1.807) is 0 Å². The minimum atomic E-state index is 0.0597. The first kappa shape index (κ1) is 21.7. The minimum absolute atomic E-state index is 0.0597. The summed E-state index contributed by atoms with van der Waals surface area (Å²) in [7, 11) is 0. The molecule has 7 heteroatoms. The lowest BCUT2D eigenvalue weighted by Gasteiger charge is -2.36. The Morgan fingerprint density at radius 2 is 1.62 bits per heavy atom. The Kier molecular flexibility index (Phi) is 7.27. The number of carbonyl (C=O) groups is 2. The Morgan fingerprint density at radius 3 is 2.24 bits per heavy atom. The summed E-state index contributed by atoms with van der Waals surface area (Å²) in [5.41, 5.74) is 3.20. The van der Waals surface area contributed by atoms with Crippen molar-refractivity contribution in [2.75, 3.05) is 57.7 Å². The molecular weight excluding hydrogens is 368 g/mol. The van der Waals surface area contributed by atoms with Gasteiger partial charge in [0.25, 0.3) is 11.8 Å². The highest BCUT2D eigenvalue weighted by Gasteiger charge is 2.31. The van der Waals surface area contributed by atoms with Crippen LogP contribution in [0.5, 0.6) is 0 Å². The van der Waals surface area contributed by atoms with Crippen molar-refractivity contribution in [2.45, 2.75) is 39.9 Å². The van der Waals surface area contributed by atoms with Gasteiger partial charge >= 0.3 is 0 Å². The molecule has 0 radical (unpaired) electrons. The number of nitrogens with one attached hydrogen (secondary N) is 3. The summed E-state index contributed by atoms with van der Waals surface area (Å²) in [6.07, 6.45) is 0.212. The second-order valence-corrected chi connectivity index (χ2v) is 8.71. The summed E-state index contributed by atoms with van der Waals surface area (Å²) in [6.45, 7) is 14.2. The van der Waals surface area contributed by atoms with Crippen LogP contribution in [0, 0.1) is 13.8 Å². The first-order chi connectivity index (χ1) is 13.8. The number of morpholine rings is 1. The number of benzene rings is 1. The number of amides is 2. The van der Waals surface area contributed by atoms with E-state index in [4.69, 9.17) is 4.74 Å². The van der Waals surface area contributed by atoms with E-state index in [1.807, 2.05) is 37.8 Å². The summed E-state index contributed by atoms with van der Waals surface area (Å²) in [4.78, 5) is 29.7. The molecule has 0 aromatic heterocycles. The molecule has 29 heavy (non-hydrogen) atoms. The molecule has 0 bridgehead atoms. The van der Waals surface area contributed by atoms with Crippen LogP contribution >= 0.6 is 0 Å². The number of piperazine rings is 1. The Hall–Kier alpha value is -1.96. The summed E-state index contributed by atoms with van der Waals surface area (Å²) in [5.74, 6) is 0.280. The number of carbonyl (C=O) groups excluding carboxylic acids is 2. The zero-order valence-electron chi connectivity index (χ0n) is 18.2. The zero-order chi connectivity index (χ0) is 21.0. The molecule has 2 aliphatic heterocycles. The van der Waals surface area contributed by atoms with E-state index in [0.29, 0.717) is 26.2 Å². The molecule has 160 valence electrons. The first-order valence-electron chi connectivity index (χ1n) is 10.8. The number of nitrogens with zero attached hydrogens (tertiary/aromatic N) is 1. The Balaban J connectivity index is 1.41. The second kappa shape index (κ2) is 9.69. The molecule has 1 aromatic carbocycles. The average molecular weight is 405 g/mol. The van der Waals surface area contributed by atoms with Gasteiger partial charge in [-0.3, -0.25) is 9.59 Å². The van der Waals surface area contributed by atoms with E-state index in [-0.39, 0.29) is 24.0 Å². The number of ether oxygens (including phenoxy) is 1. The molecule has 2 saturated heterocycles. The number of anilines is 1. The number of hydrogen-bond donors (Lipinski definition) is 3. The normalized spacial score (nSPS) is 27.5. The maximum Gasteiger partial charge on any atom is 0.279 e. The third-order valence-electron chi connectivity index (χ3n) is 6.13. The van der Waals surface area contributed by atoms with Gasteiger partial charge in [0, 0.05) is 18.8 Å². The van der Waals surface area contributed by atoms with Gasteiger partial charge in [0.1, 0.15) is 26.2 Å². The molecule has 1 aromatic rings. The second-order valence-electron chi connectivity index (χ2n) is 8.71. The summed E-state index contributed by atoms with van der Waals surface area (Å²) >= 11 is 0. The van der Waals surface area contributed by atoms with Crippen LogP contribution in [-0.2, 0) is 14.3 Å². The standard InChI is InChI=1S/C22H34N4O3/c1-16-6-5-7-20(19(16)4)23-21(27)14-24-8-10-25(11-9-24)15-22(28)26-12-17(2)29-18(3)13-26/h5-7,17-18H,8-15H2,1-4H3,(H,23,27)/p+2/t17-,18-/m1/s1. The molecule has 2 aliphatic rings. The van der Waals surface area contributed by atoms with Gasteiger partial charge in [0.05, 0.1) is 12.2 Å². The third kappa shape index (κ3) is 6.01. The van der Waals surface area contributed by atoms with Gasteiger partial charge in [-0.25, -0.2) is 0 Å². The molecule has 0 saturated carbocycles. The molecule has 0 aliphatic carbocycles. The molecule has 3 rings (SSSR count). The largest absolute Gasteiger partial charge is 0.372 e. The van der Waals surface area contributed by atoms with Crippen LogP contribution in [0.3, 0.4) is 0 Å². The van der Waals surface area contributed by atoms with Crippen LogP contribution in [0.4, 0.5) is 5.69 Å². The van der Waals surface area contributed by atoms with Crippen molar-refractivity contribution in [3.8, 4) is 0 Å². The predicted molar refractivity (Wildman–Crippen MR) is 112 cm³/mol. The highest BCUT2D eigenvalue weighted by molar-refractivity contribution is 5.92. The lowest BCUT2D eigenvalue weighted by Crippen LogP contribution is -3.28. The monoisotopic (exact) mass is 404 g/mol. The van der Waals surface area contributed by atoms with Gasteiger partial charge in [0.2, 0.25) is 0 Å². The van der Waals surface area contributed by atoms with Crippen molar-refractivity contribution in [1.82, 2.24) is 4.90 Å². The van der Waals surface area contributed by atoms with Crippen molar-refractivity contribution in [3.05, 3.63) is 29.3 Å². The molecule has 2 amide bonds. The summed E-state index contributed by atoms with van der Waals surface area (Å²) < 4.78 is 5.72. The van der Waals surface area contributed by atoms with Crippen LogP contribution in [-0.4, -0.2) is 81.3 Å². The lowest BCUT2D eigenvalue weighted by molar-refractivity contribution is -1.00. The van der Waals surface area contributed by atoms with E-state index in [0.717, 1.165) is 37.4 Å². The Morgan fingerprint density at radius 1 is 1.03 bits per heavy atom. The highest BCUT2D eigenvalue weighted by Crippen LogP contribution is 2.17. The molecule has 0 unspecified atom stereocenters. The van der Waals surface area contributed by atoms with Crippen molar-refractivity contribution < 1.29 is 24.1 Å². The molecule has 0 spiro atoms. The Labute approximate surface area is 174 Å². The predicted octanol–water partition coefficient (Wildman–Crippen LogP) is -1.34. The SMILES string of the molecule is Cc1cccc(NC(=O)C[NH+]2CC[NH+](CC(=O)N3C[C@@H](C)O[C@H](C)C3)CC2)c1C. The fourth-order valence-electron chi connectivity index (χ4n) is 4.33. The Bertz CT molecular complexity index is 721. The third-order valence-corrected chi connectivity index (χ3v) is 6.13. The van der Waals surface area contributed by atoms with Gasteiger partial charge in [-0.15, -0.1) is 0 Å². The number of aryl methyl sites for hydroxylation is 1. The van der Waals surface area contributed by atoms with Crippen LogP contribution in [0.25, 0.3) is 0 Å². The minimum Gasteiger partial charge on any atom is -0.372 e.